The first-order chi connectivity index (χ1) is 13.8. The molecule has 0 spiro atoms. The molecule has 158 valence electrons. The van der Waals surface area contributed by atoms with Gasteiger partial charge in [0.1, 0.15) is 5.82 Å². The van der Waals surface area contributed by atoms with Gasteiger partial charge >= 0.3 is 6.03 Å². The van der Waals surface area contributed by atoms with E-state index in [0.717, 1.165) is 36.9 Å². The van der Waals surface area contributed by atoms with Gasteiger partial charge in [-0.15, -0.1) is 0 Å². The largest absolute Gasteiger partial charge is 0.336 e. The van der Waals surface area contributed by atoms with Crippen LogP contribution in [0.2, 0.25) is 0 Å². The highest BCUT2D eigenvalue weighted by Crippen LogP contribution is 2.23. The second-order valence-electron chi connectivity index (χ2n) is 8.96. The molecule has 1 unspecified atom stereocenters. The second kappa shape index (κ2) is 9.44. The van der Waals surface area contributed by atoms with E-state index in [2.05, 4.69) is 58.0 Å². The first-order valence-corrected chi connectivity index (χ1v) is 10.7. The Balaban J connectivity index is 1.46. The number of hydrogen-bond acceptors (Lipinski definition) is 3. The molecule has 2 heterocycles. The zero-order valence-electron chi connectivity index (χ0n) is 18.2. The summed E-state index contributed by atoms with van der Waals surface area (Å²) in [5.74, 6) is 1.73. The molecule has 1 atom stereocenters. The number of aryl methyl sites for hydroxylation is 1. The van der Waals surface area contributed by atoms with Crippen LogP contribution in [0.15, 0.2) is 36.7 Å². The monoisotopic (exact) mass is 397 g/mol. The number of amides is 2. The Hall–Kier alpha value is -2.34. The van der Waals surface area contributed by atoms with Gasteiger partial charge < -0.3 is 15.2 Å². The van der Waals surface area contributed by atoms with E-state index >= 15 is 0 Å². The van der Waals surface area contributed by atoms with Gasteiger partial charge in [0.15, 0.2) is 0 Å². The number of rotatable bonds is 7. The summed E-state index contributed by atoms with van der Waals surface area (Å²) in [5, 5.41) is 6.05. The summed E-state index contributed by atoms with van der Waals surface area (Å²) in [4.78, 5) is 19.1. The minimum absolute atomic E-state index is 0.0331. The van der Waals surface area contributed by atoms with Crippen molar-refractivity contribution in [2.24, 2.45) is 5.92 Å². The maximum atomic E-state index is 12.3. The van der Waals surface area contributed by atoms with Crippen molar-refractivity contribution in [3.05, 3.63) is 53.6 Å². The highest BCUT2D eigenvalue weighted by molar-refractivity contribution is 5.73. The van der Waals surface area contributed by atoms with Gasteiger partial charge in [0.2, 0.25) is 0 Å². The first kappa shape index (κ1) is 21.4. The Labute approximate surface area is 174 Å². The second-order valence-corrected chi connectivity index (χ2v) is 8.96. The summed E-state index contributed by atoms with van der Waals surface area (Å²) in [7, 11) is 0. The normalized spacial score (nSPS) is 17.9. The standard InChI is InChI=1S/C23H35N5O/c1-18-7-6-11-28(15-18)23(3,4)17-26-22(29)25-14-20-8-5-9-21(13-20)16-27-12-10-24-19(27)2/h5,8-10,12-13,18H,6-7,11,14-17H2,1-4H3,(H2,25,26,29). The topological polar surface area (TPSA) is 62.2 Å². The van der Waals surface area contributed by atoms with Gasteiger partial charge in [0.25, 0.3) is 0 Å². The molecule has 2 amide bonds. The van der Waals surface area contributed by atoms with E-state index in [1.807, 2.05) is 31.5 Å². The molecule has 29 heavy (non-hydrogen) atoms. The predicted molar refractivity (Wildman–Crippen MR) is 117 cm³/mol. The van der Waals surface area contributed by atoms with Crippen molar-refractivity contribution in [1.29, 1.82) is 0 Å². The smallest absolute Gasteiger partial charge is 0.315 e. The molecule has 6 nitrogen and oxygen atoms in total. The number of urea groups is 1. The van der Waals surface area contributed by atoms with Crippen LogP contribution in [0, 0.1) is 12.8 Å². The Morgan fingerprint density at radius 1 is 1.28 bits per heavy atom. The van der Waals surface area contributed by atoms with Crippen molar-refractivity contribution in [2.75, 3.05) is 19.6 Å². The van der Waals surface area contributed by atoms with Crippen molar-refractivity contribution in [3.63, 3.8) is 0 Å². The summed E-state index contributed by atoms with van der Waals surface area (Å²) in [5.41, 5.74) is 2.26. The molecular weight excluding hydrogens is 362 g/mol. The molecule has 1 aliphatic rings. The Bertz CT molecular complexity index is 813. The van der Waals surface area contributed by atoms with Crippen molar-refractivity contribution < 1.29 is 4.79 Å². The molecule has 1 aliphatic heterocycles. The minimum Gasteiger partial charge on any atom is -0.336 e. The lowest BCUT2D eigenvalue weighted by Gasteiger charge is -2.43. The molecule has 1 saturated heterocycles. The quantitative estimate of drug-likeness (QED) is 0.751. The van der Waals surface area contributed by atoms with Gasteiger partial charge in [-0.2, -0.15) is 0 Å². The van der Waals surface area contributed by atoms with E-state index in [0.29, 0.717) is 13.1 Å². The van der Waals surface area contributed by atoms with Gasteiger partial charge in [-0.25, -0.2) is 9.78 Å². The molecule has 0 saturated carbocycles. The summed E-state index contributed by atoms with van der Waals surface area (Å²) in [6.07, 6.45) is 6.35. The first-order valence-electron chi connectivity index (χ1n) is 10.7. The fourth-order valence-corrected chi connectivity index (χ4v) is 4.00. The third kappa shape index (κ3) is 6.07. The third-order valence-corrected chi connectivity index (χ3v) is 5.92. The summed E-state index contributed by atoms with van der Waals surface area (Å²) in [6, 6.07) is 8.21. The van der Waals surface area contributed by atoms with Crippen LogP contribution in [0.4, 0.5) is 4.79 Å². The van der Waals surface area contributed by atoms with Crippen LogP contribution in [0.1, 0.15) is 50.6 Å². The van der Waals surface area contributed by atoms with Gasteiger partial charge in [-0.05, 0) is 57.2 Å². The lowest BCUT2D eigenvalue weighted by atomic mass is 9.93. The van der Waals surface area contributed by atoms with E-state index < -0.39 is 0 Å². The maximum Gasteiger partial charge on any atom is 0.315 e. The number of piperidine rings is 1. The maximum absolute atomic E-state index is 12.3. The van der Waals surface area contributed by atoms with Crippen LogP contribution in [-0.4, -0.2) is 45.7 Å². The Morgan fingerprint density at radius 2 is 2.07 bits per heavy atom. The van der Waals surface area contributed by atoms with Crippen LogP contribution >= 0.6 is 0 Å². The van der Waals surface area contributed by atoms with E-state index in [-0.39, 0.29) is 11.6 Å². The predicted octanol–water partition coefficient (Wildman–Crippen LogP) is 3.55. The molecule has 2 N–H and O–H groups in total. The van der Waals surface area contributed by atoms with E-state index in [1.54, 1.807) is 0 Å². The number of carbonyl (C=O) groups excluding carboxylic acids is 1. The van der Waals surface area contributed by atoms with Crippen LogP contribution in [0.5, 0.6) is 0 Å². The number of hydrogen-bond donors (Lipinski definition) is 2. The Kier molecular flexibility index (Phi) is 6.96. The average molecular weight is 398 g/mol. The number of imidazole rings is 1. The van der Waals surface area contributed by atoms with Gasteiger partial charge in [0.05, 0.1) is 0 Å². The van der Waals surface area contributed by atoms with Crippen molar-refractivity contribution >= 4 is 6.03 Å². The third-order valence-electron chi connectivity index (χ3n) is 5.92. The lowest BCUT2D eigenvalue weighted by molar-refractivity contribution is 0.0724. The molecule has 2 aromatic rings. The Morgan fingerprint density at radius 3 is 2.79 bits per heavy atom. The number of carbonyl (C=O) groups is 1. The van der Waals surface area contributed by atoms with Crippen LogP contribution in [0.25, 0.3) is 0 Å². The van der Waals surface area contributed by atoms with E-state index in [4.69, 9.17) is 0 Å². The van der Waals surface area contributed by atoms with E-state index in [1.165, 1.54) is 18.4 Å². The summed E-state index contributed by atoms with van der Waals surface area (Å²) in [6.45, 7) is 12.9. The number of nitrogens with zero attached hydrogens (tertiary/aromatic N) is 3. The van der Waals surface area contributed by atoms with Gasteiger partial charge in [0, 0.05) is 44.1 Å². The van der Waals surface area contributed by atoms with E-state index in [9.17, 15) is 4.79 Å². The van der Waals surface area contributed by atoms with Crippen molar-refractivity contribution in [1.82, 2.24) is 25.1 Å². The highest BCUT2D eigenvalue weighted by atomic mass is 16.2. The fraction of sp³-hybridized carbons (Fsp3) is 0.565. The fourth-order valence-electron chi connectivity index (χ4n) is 4.00. The SMILES string of the molecule is Cc1nccn1Cc1cccc(CNC(=O)NCC(C)(C)N2CCCC(C)C2)c1. The number of benzene rings is 1. The molecule has 6 heteroatoms. The average Bonchev–Trinajstić information content (AvgIpc) is 3.10. The van der Waals surface area contributed by atoms with Crippen LogP contribution in [-0.2, 0) is 13.1 Å². The number of likely N-dealkylation sites (tertiary alicyclic amines) is 1. The summed E-state index contributed by atoms with van der Waals surface area (Å²) >= 11 is 0. The lowest BCUT2D eigenvalue weighted by Crippen LogP contribution is -2.55. The number of nitrogens with one attached hydrogen (secondary N) is 2. The molecule has 1 aromatic heterocycles. The van der Waals surface area contributed by atoms with Gasteiger partial charge in [-0.3, -0.25) is 4.90 Å². The molecular formula is C23H35N5O. The molecule has 1 aromatic carbocycles. The zero-order valence-corrected chi connectivity index (χ0v) is 18.2. The highest BCUT2D eigenvalue weighted by Gasteiger charge is 2.30. The van der Waals surface area contributed by atoms with Crippen molar-refractivity contribution in [2.45, 2.75) is 59.2 Å². The molecule has 0 radical (unpaired) electrons. The van der Waals surface area contributed by atoms with Crippen LogP contribution in [0.3, 0.4) is 0 Å². The molecule has 3 rings (SSSR count). The van der Waals surface area contributed by atoms with Crippen molar-refractivity contribution in [3.8, 4) is 0 Å². The molecule has 1 fully saturated rings. The number of aromatic nitrogens is 2. The molecule has 0 bridgehead atoms. The molecule has 0 aliphatic carbocycles. The summed E-state index contributed by atoms with van der Waals surface area (Å²) < 4.78 is 2.11. The van der Waals surface area contributed by atoms with Crippen LogP contribution < -0.4 is 10.6 Å². The zero-order chi connectivity index (χ0) is 20.9. The minimum atomic E-state index is -0.112. The van der Waals surface area contributed by atoms with Gasteiger partial charge in [-0.1, -0.05) is 31.2 Å².